The van der Waals surface area contributed by atoms with E-state index in [1.807, 2.05) is 0 Å². The van der Waals surface area contributed by atoms with Gasteiger partial charge >= 0.3 is 0 Å². The predicted octanol–water partition coefficient (Wildman–Crippen LogP) is 1.12. The van der Waals surface area contributed by atoms with Crippen molar-refractivity contribution >= 4 is 37.4 Å². The van der Waals surface area contributed by atoms with E-state index in [1.165, 1.54) is 26.2 Å². The fourth-order valence-electron chi connectivity index (χ4n) is 4.06. The molecule has 2 saturated heterocycles. The summed E-state index contributed by atoms with van der Waals surface area (Å²) in [6, 6.07) is 8.54. The van der Waals surface area contributed by atoms with Crippen LogP contribution in [-0.4, -0.2) is 98.5 Å². The second-order valence-electron chi connectivity index (χ2n) is 7.85. The van der Waals surface area contributed by atoms with Gasteiger partial charge in [-0.15, -0.1) is 11.3 Å². The van der Waals surface area contributed by atoms with Crippen molar-refractivity contribution in [2.45, 2.75) is 6.54 Å². The highest BCUT2D eigenvalue weighted by molar-refractivity contribution is 7.88. The summed E-state index contributed by atoms with van der Waals surface area (Å²) >= 11 is 1.80. The fraction of sp³-hybridized carbons (Fsp3) is 0.550. The van der Waals surface area contributed by atoms with E-state index in [9.17, 15) is 13.2 Å². The summed E-state index contributed by atoms with van der Waals surface area (Å²) < 4.78 is 26.0. The van der Waals surface area contributed by atoms with Gasteiger partial charge in [0.05, 0.1) is 12.8 Å². The number of hydrogen-bond acceptors (Lipinski definition) is 6. The Labute approximate surface area is 176 Å². The highest BCUT2D eigenvalue weighted by Crippen LogP contribution is 2.26. The van der Waals surface area contributed by atoms with Crippen LogP contribution in [-0.2, 0) is 21.4 Å². The van der Waals surface area contributed by atoms with Crippen LogP contribution in [0, 0.1) is 0 Å². The van der Waals surface area contributed by atoms with E-state index in [2.05, 4.69) is 39.4 Å². The van der Waals surface area contributed by atoms with E-state index in [0.29, 0.717) is 32.7 Å². The first kappa shape index (κ1) is 20.7. The van der Waals surface area contributed by atoms with Crippen LogP contribution < -0.4 is 0 Å². The van der Waals surface area contributed by atoms with Crippen LogP contribution in [0.3, 0.4) is 0 Å². The number of hydrogen-bond donors (Lipinski definition) is 0. The lowest BCUT2D eigenvalue weighted by molar-refractivity contribution is -0.134. The topological polar surface area (TPSA) is 64.2 Å². The zero-order valence-corrected chi connectivity index (χ0v) is 18.4. The van der Waals surface area contributed by atoms with E-state index in [-0.39, 0.29) is 5.91 Å². The van der Waals surface area contributed by atoms with E-state index in [0.717, 1.165) is 32.7 Å². The van der Waals surface area contributed by atoms with Gasteiger partial charge in [-0.1, -0.05) is 18.2 Å². The van der Waals surface area contributed by atoms with Crippen LogP contribution in [0.1, 0.15) is 5.56 Å². The van der Waals surface area contributed by atoms with Crippen LogP contribution in [0.2, 0.25) is 0 Å². The molecule has 0 saturated carbocycles. The van der Waals surface area contributed by atoms with Gasteiger partial charge in [0.2, 0.25) is 15.9 Å². The van der Waals surface area contributed by atoms with E-state index in [1.54, 1.807) is 16.2 Å². The van der Waals surface area contributed by atoms with E-state index >= 15 is 0 Å². The van der Waals surface area contributed by atoms with Crippen LogP contribution in [0.15, 0.2) is 29.6 Å². The largest absolute Gasteiger partial charge is 0.339 e. The molecule has 29 heavy (non-hydrogen) atoms. The molecule has 1 amide bonds. The average molecular weight is 437 g/mol. The summed E-state index contributed by atoms with van der Waals surface area (Å²) in [7, 11) is -3.16. The number of sulfonamides is 1. The molecule has 0 atom stereocenters. The first-order chi connectivity index (χ1) is 13.9. The molecule has 0 radical (unpaired) electrons. The highest BCUT2D eigenvalue weighted by Gasteiger charge is 2.27. The second kappa shape index (κ2) is 8.69. The molecule has 0 spiro atoms. The van der Waals surface area contributed by atoms with Crippen molar-refractivity contribution in [3.8, 4) is 0 Å². The number of rotatable bonds is 5. The van der Waals surface area contributed by atoms with Gasteiger partial charge in [-0.2, -0.15) is 4.31 Å². The maximum Gasteiger partial charge on any atom is 0.236 e. The first-order valence-corrected chi connectivity index (χ1v) is 12.8. The quantitative estimate of drug-likeness (QED) is 0.703. The summed E-state index contributed by atoms with van der Waals surface area (Å²) in [6.45, 7) is 6.83. The minimum atomic E-state index is -3.16. The van der Waals surface area contributed by atoms with Crippen LogP contribution in [0.4, 0.5) is 0 Å². The molecule has 0 bridgehead atoms. The molecule has 9 heteroatoms. The molecule has 1 aromatic heterocycles. The van der Waals surface area contributed by atoms with Gasteiger partial charge < -0.3 is 4.90 Å². The molecule has 0 unspecified atom stereocenters. The molecule has 2 fully saturated rings. The molecular formula is C20H28N4O3S2. The van der Waals surface area contributed by atoms with E-state index in [4.69, 9.17) is 0 Å². The van der Waals surface area contributed by atoms with Crippen molar-refractivity contribution in [2.75, 3.05) is 65.2 Å². The zero-order chi connectivity index (χ0) is 20.4. The Morgan fingerprint density at radius 1 is 0.966 bits per heavy atom. The first-order valence-electron chi connectivity index (χ1n) is 10.0. The monoisotopic (exact) mass is 436 g/mol. The van der Waals surface area contributed by atoms with Gasteiger partial charge in [0.25, 0.3) is 0 Å². The molecule has 4 rings (SSSR count). The number of amides is 1. The molecular weight excluding hydrogens is 408 g/mol. The highest BCUT2D eigenvalue weighted by atomic mass is 32.2. The van der Waals surface area contributed by atoms with Crippen LogP contribution >= 0.6 is 11.3 Å². The molecule has 2 aliphatic rings. The van der Waals surface area contributed by atoms with Crippen molar-refractivity contribution in [1.29, 1.82) is 0 Å². The smallest absolute Gasteiger partial charge is 0.236 e. The van der Waals surface area contributed by atoms with Gasteiger partial charge in [-0.05, 0) is 22.4 Å². The minimum absolute atomic E-state index is 0.107. The third-order valence-corrected chi connectivity index (χ3v) is 8.15. The summed E-state index contributed by atoms with van der Waals surface area (Å²) in [4.78, 5) is 19.1. The zero-order valence-electron chi connectivity index (χ0n) is 16.8. The number of piperazine rings is 2. The Morgan fingerprint density at radius 2 is 1.62 bits per heavy atom. The third kappa shape index (κ3) is 4.97. The number of thiophene rings is 1. The Hall–Kier alpha value is -1.52. The number of carbonyl (C=O) groups excluding carboxylic acids is 1. The molecule has 0 N–H and O–H groups in total. The molecule has 0 aliphatic carbocycles. The van der Waals surface area contributed by atoms with Crippen molar-refractivity contribution in [3.05, 3.63) is 35.2 Å². The number of fused-ring (bicyclic) bond motifs is 1. The Kier molecular flexibility index (Phi) is 6.21. The lowest BCUT2D eigenvalue weighted by atomic mass is 10.1. The maximum atomic E-state index is 12.6. The average Bonchev–Trinajstić information content (AvgIpc) is 3.12. The standard InChI is InChI=1S/C20H28N4O3S2/c1-29(26,27)24-12-10-23(11-13-24)20(25)15-22-8-6-21(7-9-22)14-17-16-28-19-5-3-2-4-18(17)19/h2-5,16H,6-15H2,1H3. The normalized spacial score (nSPS) is 20.4. The van der Waals surface area contributed by atoms with Gasteiger partial charge in [-0.25, -0.2) is 8.42 Å². The molecule has 158 valence electrons. The van der Waals surface area contributed by atoms with Crippen LogP contribution in [0.5, 0.6) is 0 Å². The maximum absolute atomic E-state index is 12.6. The van der Waals surface area contributed by atoms with Gasteiger partial charge in [0.15, 0.2) is 0 Å². The molecule has 7 nitrogen and oxygen atoms in total. The lowest BCUT2D eigenvalue weighted by Gasteiger charge is -2.37. The van der Waals surface area contributed by atoms with E-state index < -0.39 is 10.0 Å². The number of benzene rings is 1. The molecule has 3 heterocycles. The summed E-state index contributed by atoms with van der Waals surface area (Å²) in [5.41, 5.74) is 1.39. The SMILES string of the molecule is CS(=O)(=O)N1CCN(C(=O)CN2CCN(Cc3csc4ccccc34)CC2)CC1. The Balaban J connectivity index is 1.23. The van der Waals surface area contributed by atoms with Crippen molar-refractivity contribution in [2.24, 2.45) is 0 Å². The molecule has 2 aromatic rings. The van der Waals surface area contributed by atoms with Crippen molar-refractivity contribution in [1.82, 2.24) is 19.0 Å². The Bertz CT molecular complexity index is 959. The second-order valence-corrected chi connectivity index (χ2v) is 10.7. The lowest BCUT2D eigenvalue weighted by Crippen LogP contribution is -2.54. The molecule has 2 aliphatic heterocycles. The van der Waals surface area contributed by atoms with Crippen LogP contribution in [0.25, 0.3) is 10.1 Å². The fourth-order valence-corrected chi connectivity index (χ4v) is 5.84. The summed E-state index contributed by atoms with van der Waals surface area (Å²) in [6.07, 6.45) is 1.23. The summed E-state index contributed by atoms with van der Waals surface area (Å²) in [5.74, 6) is 0.107. The molecule has 1 aromatic carbocycles. The van der Waals surface area contributed by atoms with Gasteiger partial charge in [-0.3, -0.25) is 14.6 Å². The predicted molar refractivity (Wildman–Crippen MR) is 117 cm³/mol. The van der Waals surface area contributed by atoms with Gasteiger partial charge in [0.1, 0.15) is 0 Å². The van der Waals surface area contributed by atoms with Crippen molar-refractivity contribution < 1.29 is 13.2 Å². The Morgan fingerprint density at radius 3 is 2.31 bits per heavy atom. The third-order valence-electron chi connectivity index (χ3n) is 5.84. The number of carbonyl (C=O) groups is 1. The van der Waals surface area contributed by atoms with Gasteiger partial charge in [0, 0.05) is 63.6 Å². The summed E-state index contributed by atoms with van der Waals surface area (Å²) in [5, 5.41) is 3.61. The minimum Gasteiger partial charge on any atom is -0.339 e. The van der Waals surface area contributed by atoms with Crippen molar-refractivity contribution in [3.63, 3.8) is 0 Å². The number of nitrogens with zero attached hydrogens (tertiary/aromatic N) is 4.